The molecule has 3 fully saturated rings. The highest BCUT2D eigenvalue weighted by Gasteiger charge is 2.36. The first-order valence-corrected chi connectivity index (χ1v) is 5.52. The van der Waals surface area contributed by atoms with E-state index in [-0.39, 0.29) is 11.8 Å². The quantitative estimate of drug-likeness (QED) is 0.450. The highest BCUT2D eigenvalue weighted by atomic mass is 16.2. The van der Waals surface area contributed by atoms with Gasteiger partial charge in [-0.1, -0.05) is 5.57 Å². The largest absolute Gasteiger partial charge is 0.302 e. The molecule has 2 atom stereocenters. The summed E-state index contributed by atoms with van der Waals surface area (Å²) in [5, 5.41) is 2.37. The van der Waals surface area contributed by atoms with E-state index in [1.807, 2.05) is 0 Å². The molecule has 2 bridgehead atoms. The average Bonchev–Trinajstić information content (AvgIpc) is 2.73. The maximum atomic E-state index is 11.6. The third kappa shape index (κ3) is 1.40. The lowest BCUT2D eigenvalue weighted by atomic mass is 9.88. The van der Waals surface area contributed by atoms with E-state index in [0.717, 1.165) is 38.0 Å². The van der Waals surface area contributed by atoms with Gasteiger partial charge < -0.3 is 4.90 Å². The Hall–Kier alpha value is -1.16. The van der Waals surface area contributed by atoms with Crippen molar-refractivity contribution in [2.24, 2.45) is 5.92 Å². The van der Waals surface area contributed by atoms with Crippen LogP contribution in [0.15, 0.2) is 11.1 Å². The zero-order chi connectivity index (χ0) is 10.4. The number of nitrogens with zero attached hydrogens (tertiary/aromatic N) is 1. The molecule has 0 aromatic heterocycles. The number of nitrogens with one attached hydrogen (secondary N) is 1. The van der Waals surface area contributed by atoms with Crippen LogP contribution in [0.5, 0.6) is 0 Å². The second kappa shape index (κ2) is 3.17. The normalized spacial score (nSPS) is 39.7. The van der Waals surface area contributed by atoms with Gasteiger partial charge in [-0.15, -0.1) is 0 Å². The number of piperidine rings is 1. The number of carbonyl (C=O) groups excluding carboxylic acids is 2. The van der Waals surface area contributed by atoms with Gasteiger partial charge in [-0.25, -0.2) is 0 Å². The van der Waals surface area contributed by atoms with Crippen molar-refractivity contribution in [2.75, 3.05) is 19.6 Å². The van der Waals surface area contributed by atoms with Gasteiger partial charge in [0.25, 0.3) is 5.91 Å². The Morgan fingerprint density at radius 3 is 2.87 bits per heavy atom. The summed E-state index contributed by atoms with van der Waals surface area (Å²) in [5.41, 5.74) is 2.03. The molecule has 3 saturated heterocycles. The summed E-state index contributed by atoms with van der Waals surface area (Å²) in [6.45, 7) is 3.29. The summed E-state index contributed by atoms with van der Waals surface area (Å²) >= 11 is 0. The summed E-state index contributed by atoms with van der Waals surface area (Å²) in [6.07, 6.45) is 2.44. The minimum atomic E-state index is -0.143. The fourth-order valence-corrected chi connectivity index (χ4v) is 2.95. The lowest BCUT2D eigenvalue weighted by Gasteiger charge is -2.25. The van der Waals surface area contributed by atoms with Gasteiger partial charge in [0, 0.05) is 18.7 Å². The topological polar surface area (TPSA) is 49.4 Å². The van der Waals surface area contributed by atoms with Crippen LogP contribution in [0.4, 0.5) is 0 Å². The number of imide groups is 1. The lowest BCUT2D eigenvalue weighted by molar-refractivity contribution is -0.124. The number of fused-ring (bicyclic) bond motifs is 2. The monoisotopic (exact) mass is 206 g/mol. The molecule has 3 aliphatic heterocycles. The number of hydrogen-bond acceptors (Lipinski definition) is 3. The number of carbonyl (C=O) groups is 2. The van der Waals surface area contributed by atoms with E-state index < -0.39 is 0 Å². The molecule has 15 heavy (non-hydrogen) atoms. The fraction of sp³-hybridized carbons (Fsp3) is 0.636. The Balaban J connectivity index is 1.94. The first-order chi connectivity index (χ1) is 7.24. The van der Waals surface area contributed by atoms with Crippen molar-refractivity contribution in [1.29, 1.82) is 0 Å². The summed E-state index contributed by atoms with van der Waals surface area (Å²) in [4.78, 5) is 25.1. The van der Waals surface area contributed by atoms with E-state index in [1.54, 1.807) is 0 Å². The van der Waals surface area contributed by atoms with Crippen LogP contribution in [0.2, 0.25) is 0 Å². The van der Waals surface area contributed by atoms with Gasteiger partial charge in [0.1, 0.15) is 0 Å². The molecule has 4 nitrogen and oxygen atoms in total. The van der Waals surface area contributed by atoms with Crippen LogP contribution in [0, 0.1) is 5.92 Å². The predicted octanol–water partition coefficient (Wildman–Crippen LogP) is 0.0551. The molecular formula is C11H14N2O2. The molecule has 3 heterocycles. The molecule has 0 aliphatic carbocycles. The van der Waals surface area contributed by atoms with Crippen LogP contribution in [0.3, 0.4) is 0 Å². The number of rotatable bonds is 0. The van der Waals surface area contributed by atoms with E-state index >= 15 is 0 Å². The third-order valence-corrected chi connectivity index (χ3v) is 3.71. The van der Waals surface area contributed by atoms with E-state index in [2.05, 4.69) is 10.2 Å². The van der Waals surface area contributed by atoms with Crippen molar-refractivity contribution in [3.05, 3.63) is 11.1 Å². The second-order valence-electron chi connectivity index (χ2n) is 4.59. The molecule has 0 aromatic rings. The molecule has 0 saturated carbocycles. The standard InChI is InChI=1S/C11H14N2O2/c14-10-5-9(11(15)12-10)8-2-4-13-3-1-7(8)6-13/h7H,1-6H2,(H,12,14,15). The van der Waals surface area contributed by atoms with E-state index in [4.69, 9.17) is 0 Å². The summed E-state index contributed by atoms with van der Waals surface area (Å²) in [7, 11) is 0. The van der Waals surface area contributed by atoms with Crippen LogP contribution in [-0.2, 0) is 9.59 Å². The molecule has 0 spiro atoms. The van der Waals surface area contributed by atoms with Gasteiger partial charge >= 0.3 is 0 Å². The van der Waals surface area contributed by atoms with E-state index in [0.29, 0.717) is 12.3 Å². The minimum Gasteiger partial charge on any atom is -0.302 e. The Morgan fingerprint density at radius 2 is 2.13 bits per heavy atom. The maximum Gasteiger partial charge on any atom is 0.254 e. The Bertz CT molecular complexity index is 373. The fourth-order valence-electron chi connectivity index (χ4n) is 2.95. The lowest BCUT2D eigenvalue weighted by Crippen LogP contribution is -2.29. The molecule has 80 valence electrons. The van der Waals surface area contributed by atoms with Crippen molar-refractivity contribution in [3.63, 3.8) is 0 Å². The molecule has 4 heteroatoms. The maximum absolute atomic E-state index is 11.6. The van der Waals surface area contributed by atoms with Crippen LogP contribution in [-0.4, -0.2) is 36.3 Å². The van der Waals surface area contributed by atoms with Crippen molar-refractivity contribution in [1.82, 2.24) is 10.2 Å². The van der Waals surface area contributed by atoms with Gasteiger partial charge in [0.05, 0.1) is 6.42 Å². The molecule has 0 radical (unpaired) electrons. The van der Waals surface area contributed by atoms with Crippen LogP contribution in [0.25, 0.3) is 0 Å². The van der Waals surface area contributed by atoms with Gasteiger partial charge in [-0.05, 0) is 25.3 Å². The first kappa shape index (κ1) is 9.09. The second-order valence-corrected chi connectivity index (χ2v) is 4.59. The molecule has 1 N–H and O–H groups in total. The molecule has 3 rings (SSSR count). The summed E-state index contributed by atoms with van der Waals surface area (Å²) in [5.74, 6) is 0.253. The summed E-state index contributed by atoms with van der Waals surface area (Å²) < 4.78 is 0. The molecular weight excluding hydrogens is 192 g/mol. The van der Waals surface area contributed by atoms with Crippen molar-refractivity contribution in [2.45, 2.75) is 19.3 Å². The van der Waals surface area contributed by atoms with E-state index in [9.17, 15) is 9.59 Å². The Kier molecular flexibility index (Phi) is 1.92. The molecule has 2 amide bonds. The van der Waals surface area contributed by atoms with Crippen LogP contribution in [0.1, 0.15) is 19.3 Å². The summed E-state index contributed by atoms with van der Waals surface area (Å²) in [6, 6.07) is 0. The van der Waals surface area contributed by atoms with Gasteiger partial charge in [0.15, 0.2) is 0 Å². The number of amides is 2. The van der Waals surface area contributed by atoms with Gasteiger partial charge in [0.2, 0.25) is 5.91 Å². The smallest absolute Gasteiger partial charge is 0.254 e. The molecule has 2 unspecified atom stereocenters. The van der Waals surface area contributed by atoms with Crippen molar-refractivity contribution >= 4 is 11.8 Å². The first-order valence-electron chi connectivity index (χ1n) is 5.52. The number of hydrogen-bond donors (Lipinski definition) is 1. The van der Waals surface area contributed by atoms with E-state index in [1.165, 1.54) is 5.57 Å². The average molecular weight is 206 g/mol. The van der Waals surface area contributed by atoms with Crippen LogP contribution >= 0.6 is 0 Å². The van der Waals surface area contributed by atoms with Crippen LogP contribution < -0.4 is 5.32 Å². The van der Waals surface area contributed by atoms with Gasteiger partial charge in [-0.3, -0.25) is 14.9 Å². The zero-order valence-electron chi connectivity index (χ0n) is 8.58. The highest BCUT2D eigenvalue weighted by Crippen LogP contribution is 2.35. The predicted molar refractivity (Wildman–Crippen MR) is 54.0 cm³/mol. The SMILES string of the molecule is O=C1CC(=C2CCN3CCC2C3)C(=O)N1. The Labute approximate surface area is 88.3 Å². The van der Waals surface area contributed by atoms with Crippen molar-refractivity contribution in [3.8, 4) is 0 Å². The van der Waals surface area contributed by atoms with Gasteiger partial charge in [-0.2, -0.15) is 0 Å². The minimum absolute atomic E-state index is 0.136. The molecule has 0 aromatic carbocycles. The Morgan fingerprint density at radius 1 is 1.27 bits per heavy atom. The highest BCUT2D eigenvalue weighted by molar-refractivity contribution is 6.13. The zero-order valence-corrected chi connectivity index (χ0v) is 8.58. The third-order valence-electron chi connectivity index (χ3n) is 3.71. The van der Waals surface area contributed by atoms with Crippen molar-refractivity contribution < 1.29 is 9.59 Å². The molecule has 3 aliphatic rings.